The minimum absolute atomic E-state index is 0.369. The summed E-state index contributed by atoms with van der Waals surface area (Å²) < 4.78 is 20.7. The number of carboxylic acid groups (broad SMARTS) is 1. The average molecular weight is 292 g/mol. The second-order valence-electron chi connectivity index (χ2n) is 5.00. The van der Waals surface area contributed by atoms with E-state index in [2.05, 4.69) is 0 Å². The summed E-state index contributed by atoms with van der Waals surface area (Å²) in [6.07, 6.45) is 1.24. The molecule has 104 valence electrons. The lowest BCUT2D eigenvalue weighted by Crippen LogP contribution is -2.26. The van der Waals surface area contributed by atoms with E-state index in [4.69, 9.17) is 5.11 Å². The van der Waals surface area contributed by atoms with Gasteiger partial charge >= 0.3 is 5.97 Å². The number of hydrogen-bond acceptors (Lipinski definition) is 4. The van der Waals surface area contributed by atoms with Crippen molar-refractivity contribution in [2.24, 2.45) is 0 Å². The highest BCUT2D eigenvalue weighted by Gasteiger charge is 2.22. The van der Waals surface area contributed by atoms with Gasteiger partial charge in [0.2, 0.25) is 0 Å². The molecule has 1 aromatic rings. The van der Waals surface area contributed by atoms with Crippen molar-refractivity contribution in [3.8, 4) is 0 Å². The number of sulfone groups is 1. The number of aliphatic carboxylic acids is 1. The summed E-state index contributed by atoms with van der Waals surface area (Å²) in [5, 5.41) is 12.3. The van der Waals surface area contributed by atoms with Crippen molar-refractivity contribution < 1.29 is 18.3 Å². The molecule has 6 heteroatoms. The van der Waals surface area contributed by atoms with Gasteiger partial charge in [0, 0.05) is 6.26 Å². The van der Waals surface area contributed by atoms with Crippen LogP contribution in [0.1, 0.15) is 39.2 Å². The van der Waals surface area contributed by atoms with Gasteiger partial charge in [-0.3, -0.25) is 4.79 Å². The summed E-state index contributed by atoms with van der Waals surface area (Å²) in [5.41, 5.74) is 0.887. The molecule has 0 radical (unpaired) electrons. The predicted octanol–water partition coefficient (Wildman–Crippen LogP) is 2.77. The standard InChI is InChI=1S/C7H8O2S.C5H12O2S/c1-5(7(8)9)6-2-3-10-4-6;1-5(2,3)8(4,6)7/h2-5H,1H3,(H,8,9);1-4H3. The van der Waals surface area contributed by atoms with E-state index in [1.54, 1.807) is 27.7 Å². The third-order valence-electron chi connectivity index (χ3n) is 2.53. The molecule has 1 atom stereocenters. The van der Waals surface area contributed by atoms with Crippen molar-refractivity contribution in [2.75, 3.05) is 6.26 Å². The quantitative estimate of drug-likeness (QED) is 0.909. The van der Waals surface area contributed by atoms with Gasteiger partial charge < -0.3 is 5.11 Å². The molecular formula is C12H20O4S2. The minimum atomic E-state index is -2.84. The Labute approximate surface area is 113 Å². The Hall–Kier alpha value is -0.880. The van der Waals surface area contributed by atoms with E-state index in [1.165, 1.54) is 17.6 Å². The number of carboxylic acids is 1. The maximum absolute atomic E-state index is 10.7. The Kier molecular flexibility index (Phi) is 6.02. The lowest BCUT2D eigenvalue weighted by molar-refractivity contribution is -0.138. The fraction of sp³-hybridized carbons (Fsp3) is 0.583. The van der Waals surface area contributed by atoms with E-state index in [1.807, 2.05) is 16.8 Å². The third-order valence-corrected chi connectivity index (χ3v) is 5.45. The molecule has 0 fully saturated rings. The normalized spacial score (nSPS) is 13.4. The molecule has 1 heterocycles. The lowest BCUT2D eigenvalue weighted by atomic mass is 10.1. The van der Waals surface area contributed by atoms with E-state index in [0.29, 0.717) is 0 Å². The van der Waals surface area contributed by atoms with Crippen LogP contribution in [0, 0.1) is 0 Å². The van der Waals surface area contributed by atoms with Gasteiger partial charge in [-0.2, -0.15) is 11.3 Å². The summed E-state index contributed by atoms with van der Waals surface area (Å²) in [7, 11) is -2.84. The largest absolute Gasteiger partial charge is 0.481 e. The first-order valence-corrected chi connectivity index (χ1v) is 8.24. The average Bonchev–Trinajstić information content (AvgIpc) is 2.66. The van der Waals surface area contributed by atoms with Crippen LogP contribution >= 0.6 is 11.3 Å². The van der Waals surface area contributed by atoms with E-state index in [-0.39, 0.29) is 5.92 Å². The fourth-order valence-electron chi connectivity index (χ4n) is 0.664. The zero-order valence-corrected chi connectivity index (χ0v) is 12.9. The van der Waals surface area contributed by atoms with Gasteiger partial charge in [0.25, 0.3) is 0 Å². The van der Waals surface area contributed by atoms with Crippen LogP contribution in [0.5, 0.6) is 0 Å². The Morgan fingerprint density at radius 3 is 2.06 bits per heavy atom. The van der Waals surface area contributed by atoms with Crippen LogP contribution in [0.15, 0.2) is 16.8 Å². The smallest absolute Gasteiger partial charge is 0.310 e. The third kappa shape index (κ3) is 5.64. The summed E-state index contributed by atoms with van der Waals surface area (Å²) >= 11 is 1.52. The zero-order chi connectivity index (χ0) is 14.6. The molecule has 18 heavy (non-hydrogen) atoms. The summed E-state index contributed by atoms with van der Waals surface area (Å²) in [6.45, 7) is 6.73. The molecule has 1 N–H and O–H groups in total. The highest BCUT2D eigenvalue weighted by Crippen LogP contribution is 2.17. The van der Waals surface area contributed by atoms with Crippen LogP contribution in [0.3, 0.4) is 0 Å². The number of thiophene rings is 1. The molecule has 1 aromatic heterocycles. The maximum atomic E-state index is 10.7. The molecule has 0 saturated carbocycles. The van der Waals surface area contributed by atoms with E-state index in [9.17, 15) is 13.2 Å². The predicted molar refractivity (Wildman–Crippen MR) is 75.0 cm³/mol. The first kappa shape index (κ1) is 17.1. The molecule has 1 rings (SSSR count). The van der Waals surface area contributed by atoms with E-state index in [0.717, 1.165) is 5.56 Å². The summed E-state index contributed by atoms with van der Waals surface area (Å²) in [4.78, 5) is 10.4. The van der Waals surface area contributed by atoms with Crippen molar-refractivity contribution in [2.45, 2.75) is 38.4 Å². The molecule has 0 aromatic carbocycles. The van der Waals surface area contributed by atoms with Crippen LogP contribution in [-0.4, -0.2) is 30.5 Å². The summed E-state index contributed by atoms with van der Waals surface area (Å²) in [5.74, 6) is -1.13. The molecule has 0 aliphatic heterocycles. The van der Waals surface area contributed by atoms with E-state index >= 15 is 0 Å². The molecule has 0 saturated heterocycles. The second-order valence-corrected chi connectivity index (χ2v) is 8.55. The van der Waals surface area contributed by atoms with Gasteiger partial charge in [0.05, 0.1) is 10.7 Å². The molecule has 4 nitrogen and oxygen atoms in total. The fourth-order valence-corrected chi connectivity index (χ4v) is 1.42. The molecule has 0 aliphatic carbocycles. The van der Waals surface area contributed by atoms with Crippen molar-refractivity contribution in [3.05, 3.63) is 22.4 Å². The van der Waals surface area contributed by atoms with Crippen molar-refractivity contribution in [1.82, 2.24) is 0 Å². The van der Waals surface area contributed by atoms with Crippen LogP contribution < -0.4 is 0 Å². The van der Waals surface area contributed by atoms with E-state index < -0.39 is 20.6 Å². The van der Waals surface area contributed by atoms with Crippen molar-refractivity contribution >= 4 is 27.1 Å². The van der Waals surface area contributed by atoms with Crippen molar-refractivity contribution in [1.29, 1.82) is 0 Å². The SMILES string of the molecule is CC(C(=O)O)c1ccsc1.CC(C)(C)S(C)(=O)=O. The molecule has 0 spiro atoms. The monoisotopic (exact) mass is 292 g/mol. The van der Waals surface area contributed by atoms with Gasteiger partial charge in [-0.1, -0.05) is 0 Å². The Bertz CT molecular complexity index is 467. The molecular weight excluding hydrogens is 272 g/mol. The molecule has 0 bridgehead atoms. The van der Waals surface area contributed by atoms with Crippen LogP contribution in [0.4, 0.5) is 0 Å². The number of carbonyl (C=O) groups is 1. The van der Waals surface area contributed by atoms with Crippen LogP contribution in [0.2, 0.25) is 0 Å². The lowest BCUT2D eigenvalue weighted by Gasteiger charge is -2.14. The first-order valence-electron chi connectivity index (χ1n) is 5.41. The zero-order valence-electron chi connectivity index (χ0n) is 11.3. The van der Waals surface area contributed by atoms with Crippen LogP contribution in [-0.2, 0) is 14.6 Å². The second kappa shape index (κ2) is 6.33. The van der Waals surface area contributed by atoms with Gasteiger partial charge in [0.1, 0.15) is 0 Å². The van der Waals surface area contributed by atoms with Gasteiger partial charge in [-0.15, -0.1) is 0 Å². The number of hydrogen-bond donors (Lipinski definition) is 1. The molecule has 1 unspecified atom stereocenters. The highest BCUT2D eigenvalue weighted by atomic mass is 32.2. The number of rotatable bonds is 2. The van der Waals surface area contributed by atoms with Gasteiger partial charge in [-0.05, 0) is 50.1 Å². The van der Waals surface area contributed by atoms with Crippen LogP contribution in [0.25, 0.3) is 0 Å². The minimum Gasteiger partial charge on any atom is -0.481 e. The molecule has 0 amide bonds. The van der Waals surface area contributed by atoms with Gasteiger partial charge in [0.15, 0.2) is 9.84 Å². The topological polar surface area (TPSA) is 71.4 Å². The Morgan fingerprint density at radius 1 is 1.39 bits per heavy atom. The maximum Gasteiger partial charge on any atom is 0.310 e. The highest BCUT2D eigenvalue weighted by molar-refractivity contribution is 7.92. The Balaban J connectivity index is 0.000000331. The summed E-state index contributed by atoms with van der Waals surface area (Å²) in [6, 6.07) is 1.84. The van der Waals surface area contributed by atoms with Crippen molar-refractivity contribution in [3.63, 3.8) is 0 Å². The Morgan fingerprint density at radius 2 is 1.83 bits per heavy atom. The first-order chi connectivity index (χ1) is 7.97. The van der Waals surface area contributed by atoms with Gasteiger partial charge in [-0.25, -0.2) is 8.42 Å². The molecule has 0 aliphatic rings.